The zero-order valence-electron chi connectivity index (χ0n) is 11.6. The molecule has 3 rings (SSSR count). The number of hydrogen-bond donors (Lipinski definition) is 1. The summed E-state index contributed by atoms with van der Waals surface area (Å²) in [4.78, 5) is 2.28. The van der Waals surface area contributed by atoms with Crippen LogP contribution in [0.5, 0.6) is 0 Å². The molecular weight excluding hydrogens is 238 g/mol. The molecule has 1 atom stereocenters. The van der Waals surface area contributed by atoms with Crippen LogP contribution in [0.15, 0.2) is 12.4 Å². The standard InChI is InChI=1S/C14H21N5/c1-3-11-13(15)19(10-7-5-6-8-10)12(4-2)14-17-16-9-18(11)14/h3,9-10,12,15H,4-8H2,1-2H3/b11-3+,15-13?. The molecule has 1 aliphatic heterocycles. The van der Waals surface area contributed by atoms with Crippen LogP contribution in [0.1, 0.15) is 57.8 Å². The van der Waals surface area contributed by atoms with E-state index < -0.39 is 0 Å². The largest absolute Gasteiger partial charge is 0.342 e. The summed E-state index contributed by atoms with van der Waals surface area (Å²) in [6.07, 6.45) is 9.64. The minimum absolute atomic E-state index is 0.196. The van der Waals surface area contributed by atoms with E-state index in [1.54, 1.807) is 6.33 Å². The summed E-state index contributed by atoms with van der Waals surface area (Å²) in [7, 11) is 0. The predicted octanol–water partition coefficient (Wildman–Crippen LogP) is 2.83. The normalized spacial score (nSPS) is 26.2. The Bertz CT molecular complexity index is 510. The Balaban J connectivity index is 2.07. The smallest absolute Gasteiger partial charge is 0.160 e. The number of nitrogens with zero attached hydrogens (tertiary/aromatic N) is 4. The molecule has 0 bridgehead atoms. The first-order chi connectivity index (χ1) is 9.27. The Morgan fingerprint density at radius 1 is 1.42 bits per heavy atom. The molecule has 1 aromatic heterocycles. The third-order valence-electron chi connectivity index (χ3n) is 4.35. The highest BCUT2D eigenvalue weighted by molar-refractivity contribution is 6.16. The fraction of sp³-hybridized carbons (Fsp3) is 0.643. The molecule has 2 aliphatic rings. The van der Waals surface area contributed by atoms with Gasteiger partial charge in [-0.05, 0) is 26.2 Å². The lowest BCUT2D eigenvalue weighted by atomic mass is 10.0. The Kier molecular flexibility index (Phi) is 3.12. The van der Waals surface area contributed by atoms with E-state index in [9.17, 15) is 0 Å². The number of nitrogens with one attached hydrogen (secondary N) is 1. The first kappa shape index (κ1) is 12.4. The number of aromatic nitrogens is 3. The van der Waals surface area contributed by atoms with E-state index >= 15 is 0 Å². The maximum absolute atomic E-state index is 8.55. The summed E-state index contributed by atoms with van der Waals surface area (Å²) in [5.74, 6) is 1.62. The molecule has 19 heavy (non-hydrogen) atoms. The van der Waals surface area contributed by atoms with Gasteiger partial charge in [0.15, 0.2) is 5.82 Å². The molecule has 1 unspecified atom stereocenters. The summed E-state index contributed by atoms with van der Waals surface area (Å²) in [6.45, 7) is 4.15. The average Bonchev–Trinajstić information content (AvgIpc) is 3.07. The molecule has 5 nitrogen and oxygen atoms in total. The maximum Gasteiger partial charge on any atom is 0.160 e. The van der Waals surface area contributed by atoms with E-state index in [2.05, 4.69) is 22.0 Å². The van der Waals surface area contributed by atoms with Gasteiger partial charge < -0.3 is 4.90 Å². The van der Waals surface area contributed by atoms with Crippen molar-refractivity contribution in [2.24, 2.45) is 0 Å². The van der Waals surface area contributed by atoms with Crippen LogP contribution in [0.3, 0.4) is 0 Å². The van der Waals surface area contributed by atoms with Crippen LogP contribution >= 0.6 is 0 Å². The van der Waals surface area contributed by atoms with Crippen molar-refractivity contribution in [2.45, 2.75) is 58.0 Å². The number of fused-ring (bicyclic) bond motifs is 1. The third-order valence-corrected chi connectivity index (χ3v) is 4.35. The summed E-state index contributed by atoms with van der Waals surface area (Å²) >= 11 is 0. The Morgan fingerprint density at radius 3 is 2.79 bits per heavy atom. The third kappa shape index (κ3) is 1.79. The van der Waals surface area contributed by atoms with Gasteiger partial charge in [-0.3, -0.25) is 9.98 Å². The van der Waals surface area contributed by atoms with Crippen LogP contribution in [-0.2, 0) is 0 Å². The predicted molar refractivity (Wildman–Crippen MR) is 74.8 cm³/mol. The monoisotopic (exact) mass is 259 g/mol. The van der Waals surface area contributed by atoms with E-state index in [1.165, 1.54) is 25.7 Å². The molecule has 102 valence electrons. The first-order valence-electron chi connectivity index (χ1n) is 7.21. The zero-order chi connectivity index (χ0) is 13.4. The molecule has 1 N–H and O–H groups in total. The molecule has 1 aliphatic carbocycles. The molecule has 0 amide bonds. The van der Waals surface area contributed by atoms with E-state index in [1.807, 2.05) is 17.6 Å². The Hall–Kier alpha value is -1.65. The van der Waals surface area contributed by atoms with Crippen molar-refractivity contribution in [2.75, 3.05) is 0 Å². The van der Waals surface area contributed by atoms with Crippen LogP contribution in [0, 0.1) is 5.41 Å². The minimum Gasteiger partial charge on any atom is -0.342 e. The Morgan fingerprint density at radius 2 is 2.16 bits per heavy atom. The van der Waals surface area contributed by atoms with Crippen molar-refractivity contribution in [3.63, 3.8) is 0 Å². The van der Waals surface area contributed by atoms with Gasteiger partial charge >= 0.3 is 0 Å². The SMILES string of the molecule is C/C=C1\C(=N)N(C2CCCC2)C(CC)c2nncn21. The summed E-state index contributed by atoms with van der Waals surface area (Å²) in [6, 6.07) is 0.694. The molecule has 5 heteroatoms. The van der Waals surface area contributed by atoms with Gasteiger partial charge in [-0.25, -0.2) is 0 Å². The summed E-state index contributed by atoms with van der Waals surface area (Å²) < 4.78 is 1.97. The van der Waals surface area contributed by atoms with Crippen LogP contribution in [0.2, 0.25) is 0 Å². The van der Waals surface area contributed by atoms with Gasteiger partial charge in [-0.15, -0.1) is 10.2 Å². The average molecular weight is 259 g/mol. The van der Waals surface area contributed by atoms with Crippen LogP contribution < -0.4 is 0 Å². The molecular formula is C14H21N5. The molecule has 0 saturated heterocycles. The van der Waals surface area contributed by atoms with Crippen LogP contribution in [-0.4, -0.2) is 31.5 Å². The van der Waals surface area contributed by atoms with E-state index in [0.717, 1.165) is 17.9 Å². The minimum atomic E-state index is 0.196. The molecule has 1 fully saturated rings. The second kappa shape index (κ2) is 4.79. The van der Waals surface area contributed by atoms with Gasteiger partial charge in [0.2, 0.25) is 0 Å². The molecule has 0 radical (unpaired) electrons. The lowest BCUT2D eigenvalue weighted by Gasteiger charge is -2.41. The van der Waals surface area contributed by atoms with Gasteiger partial charge in [0, 0.05) is 6.04 Å². The molecule has 0 aromatic carbocycles. The fourth-order valence-corrected chi connectivity index (χ4v) is 3.46. The van der Waals surface area contributed by atoms with Crippen LogP contribution in [0.4, 0.5) is 0 Å². The number of hydrogen-bond acceptors (Lipinski definition) is 3. The molecule has 1 saturated carbocycles. The molecule has 0 spiro atoms. The maximum atomic E-state index is 8.55. The van der Waals surface area contributed by atoms with Gasteiger partial charge in [0.1, 0.15) is 12.2 Å². The van der Waals surface area contributed by atoms with Gasteiger partial charge in [0.25, 0.3) is 0 Å². The topological polar surface area (TPSA) is 57.8 Å². The number of rotatable bonds is 2. The van der Waals surface area contributed by atoms with Crippen molar-refractivity contribution >= 4 is 11.5 Å². The first-order valence-corrected chi connectivity index (χ1v) is 7.21. The fourth-order valence-electron chi connectivity index (χ4n) is 3.46. The van der Waals surface area contributed by atoms with E-state index in [-0.39, 0.29) is 6.04 Å². The van der Waals surface area contributed by atoms with Crippen molar-refractivity contribution in [3.8, 4) is 0 Å². The quantitative estimate of drug-likeness (QED) is 0.888. The van der Waals surface area contributed by atoms with Crippen molar-refractivity contribution < 1.29 is 0 Å². The van der Waals surface area contributed by atoms with Gasteiger partial charge in [-0.2, -0.15) is 0 Å². The summed E-state index contributed by atoms with van der Waals surface area (Å²) in [5.41, 5.74) is 0.914. The highest BCUT2D eigenvalue weighted by atomic mass is 15.4. The van der Waals surface area contributed by atoms with Crippen molar-refractivity contribution in [3.05, 3.63) is 18.2 Å². The lowest BCUT2D eigenvalue weighted by Crippen LogP contribution is -2.46. The van der Waals surface area contributed by atoms with Crippen molar-refractivity contribution in [1.29, 1.82) is 5.41 Å². The van der Waals surface area contributed by atoms with Crippen LogP contribution in [0.25, 0.3) is 5.70 Å². The second-order valence-corrected chi connectivity index (χ2v) is 5.35. The number of allylic oxidation sites excluding steroid dienone is 1. The summed E-state index contributed by atoms with van der Waals surface area (Å²) in [5, 5.41) is 16.9. The molecule has 1 aromatic rings. The van der Waals surface area contributed by atoms with Gasteiger partial charge in [0.05, 0.1) is 11.7 Å². The zero-order valence-corrected chi connectivity index (χ0v) is 11.6. The highest BCUT2D eigenvalue weighted by Crippen LogP contribution is 2.37. The van der Waals surface area contributed by atoms with Crippen molar-refractivity contribution in [1.82, 2.24) is 19.7 Å². The highest BCUT2D eigenvalue weighted by Gasteiger charge is 2.38. The van der Waals surface area contributed by atoms with E-state index in [4.69, 9.17) is 5.41 Å². The Labute approximate surface area is 113 Å². The second-order valence-electron chi connectivity index (χ2n) is 5.35. The number of amidine groups is 1. The van der Waals surface area contributed by atoms with Gasteiger partial charge in [-0.1, -0.05) is 25.8 Å². The molecule has 2 heterocycles. The van der Waals surface area contributed by atoms with E-state index in [0.29, 0.717) is 11.9 Å². The lowest BCUT2D eigenvalue weighted by molar-refractivity contribution is 0.216.